The van der Waals surface area contributed by atoms with Gasteiger partial charge in [-0.05, 0) is 25.0 Å². The minimum Gasteiger partial charge on any atom is -0.463 e. The number of carbonyl (C=O) groups is 1. The molecule has 0 bridgehead atoms. The molecule has 0 N–H and O–H groups in total. The number of allylic oxidation sites excluding steroid dienone is 1. The van der Waals surface area contributed by atoms with Crippen LogP contribution in [0.1, 0.15) is 37.4 Å². The first kappa shape index (κ1) is 19.3. The van der Waals surface area contributed by atoms with E-state index >= 15 is 0 Å². The SMILES string of the molecule is CCOC(=O)C=C(C)N1N=C(c2ccccc2)C[C@H]1c1cccc([N+](=O)[O-])c1. The third kappa shape index (κ3) is 4.25. The molecule has 0 spiro atoms. The van der Waals surface area contributed by atoms with Crippen LogP contribution in [-0.4, -0.2) is 28.2 Å². The predicted octanol–water partition coefficient (Wildman–Crippen LogP) is 4.21. The Morgan fingerprint density at radius 3 is 2.71 bits per heavy atom. The van der Waals surface area contributed by atoms with Gasteiger partial charge in [-0.2, -0.15) is 5.10 Å². The van der Waals surface area contributed by atoms with Gasteiger partial charge in [-0.3, -0.25) is 15.1 Å². The highest BCUT2D eigenvalue weighted by Crippen LogP contribution is 2.36. The van der Waals surface area contributed by atoms with Gasteiger partial charge in [0.1, 0.15) is 0 Å². The molecule has 0 aromatic heterocycles. The molecule has 144 valence electrons. The molecule has 7 heteroatoms. The van der Waals surface area contributed by atoms with Gasteiger partial charge >= 0.3 is 5.97 Å². The van der Waals surface area contributed by atoms with Crippen molar-refractivity contribution in [1.82, 2.24) is 5.01 Å². The van der Waals surface area contributed by atoms with Crippen LogP contribution in [0.4, 0.5) is 5.69 Å². The van der Waals surface area contributed by atoms with Gasteiger partial charge in [0.2, 0.25) is 0 Å². The molecule has 0 aliphatic carbocycles. The Hall–Kier alpha value is -3.48. The fraction of sp³-hybridized carbons (Fsp3) is 0.238. The molecule has 2 aromatic carbocycles. The van der Waals surface area contributed by atoms with Gasteiger partial charge in [0.15, 0.2) is 0 Å². The van der Waals surface area contributed by atoms with E-state index in [1.807, 2.05) is 36.4 Å². The van der Waals surface area contributed by atoms with Crippen LogP contribution in [-0.2, 0) is 9.53 Å². The highest BCUT2D eigenvalue weighted by atomic mass is 16.6. The van der Waals surface area contributed by atoms with Crippen LogP contribution in [0.25, 0.3) is 0 Å². The van der Waals surface area contributed by atoms with Crippen LogP contribution in [0.15, 0.2) is 71.5 Å². The second-order valence-electron chi connectivity index (χ2n) is 6.37. The van der Waals surface area contributed by atoms with Gasteiger partial charge in [-0.25, -0.2) is 4.79 Å². The number of hydrogen-bond acceptors (Lipinski definition) is 6. The van der Waals surface area contributed by atoms with Gasteiger partial charge in [0.05, 0.1) is 23.3 Å². The molecule has 28 heavy (non-hydrogen) atoms. The van der Waals surface area contributed by atoms with Crippen molar-refractivity contribution < 1.29 is 14.5 Å². The molecule has 0 radical (unpaired) electrons. The van der Waals surface area contributed by atoms with Crippen LogP contribution in [0.3, 0.4) is 0 Å². The largest absolute Gasteiger partial charge is 0.463 e. The molecule has 2 aromatic rings. The van der Waals surface area contributed by atoms with E-state index in [1.54, 1.807) is 31.0 Å². The lowest BCUT2D eigenvalue weighted by atomic mass is 9.98. The molecule has 3 rings (SSSR count). The van der Waals surface area contributed by atoms with E-state index in [4.69, 9.17) is 9.84 Å². The maximum Gasteiger partial charge on any atom is 0.332 e. The Bertz CT molecular complexity index is 938. The average molecular weight is 379 g/mol. The predicted molar refractivity (Wildman–Crippen MR) is 106 cm³/mol. The number of nitrogens with zero attached hydrogens (tertiary/aromatic N) is 3. The number of nitro benzene ring substituents is 1. The summed E-state index contributed by atoms with van der Waals surface area (Å²) >= 11 is 0. The van der Waals surface area contributed by atoms with Crippen LogP contribution in [0.5, 0.6) is 0 Å². The van der Waals surface area contributed by atoms with Crippen molar-refractivity contribution in [2.24, 2.45) is 5.10 Å². The minimum atomic E-state index is -0.443. The monoisotopic (exact) mass is 379 g/mol. The van der Waals surface area contributed by atoms with Crippen LogP contribution < -0.4 is 0 Å². The van der Waals surface area contributed by atoms with Gasteiger partial charge < -0.3 is 4.74 Å². The Balaban J connectivity index is 1.99. The highest BCUT2D eigenvalue weighted by Gasteiger charge is 2.31. The van der Waals surface area contributed by atoms with E-state index in [0.717, 1.165) is 16.8 Å². The lowest BCUT2D eigenvalue weighted by molar-refractivity contribution is -0.384. The zero-order valence-electron chi connectivity index (χ0n) is 15.7. The summed E-state index contributed by atoms with van der Waals surface area (Å²) in [6.07, 6.45) is 1.96. The van der Waals surface area contributed by atoms with Crippen molar-refractivity contribution in [3.63, 3.8) is 0 Å². The number of carbonyl (C=O) groups excluding carboxylic acids is 1. The maximum absolute atomic E-state index is 11.9. The van der Waals surface area contributed by atoms with E-state index in [0.29, 0.717) is 12.1 Å². The molecular weight excluding hydrogens is 358 g/mol. The van der Waals surface area contributed by atoms with Crippen molar-refractivity contribution in [2.75, 3.05) is 6.61 Å². The topological polar surface area (TPSA) is 85.0 Å². The summed E-state index contributed by atoms with van der Waals surface area (Å²) in [5.74, 6) is -0.443. The van der Waals surface area contributed by atoms with Gasteiger partial charge in [0, 0.05) is 30.3 Å². The van der Waals surface area contributed by atoms with Gasteiger partial charge in [-0.1, -0.05) is 42.5 Å². The number of hydrogen-bond donors (Lipinski definition) is 0. The minimum absolute atomic E-state index is 0.0256. The average Bonchev–Trinajstić information content (AvgIpc) is 3.14. The second-order valence-corrected chi connectivity index (χ2v) is 6.37. The summed E-state index contributed by atoms with van der Waals surface area (Å²) in [4.78, 5) is 22.6. The number of benzene rings is 2. The summed E-state index contributed by atoms with van der Waals surface area (Å²) < 4.78 is 5.00. The number of ether oxygens (including phenoxy) is 1. The molecule has 7 nitrogen and oxygen atoms in total. The number of rotatable bonds is 6. The number of nitro groups is 1. The second kappa shape index (κ2) is 8.47. The van der Waals surface area contributed by atoms with E-state index < -0.39 is 10.9 Å². The summed E-state index contributed by atoms with van der Waals surface area (Å²) in [7, 11) is 0. The zero-order chi connectivity index (χ0) is 20.1. The first-order valence-corrected chi connectivity index (χ1v) is 9.01. The van der Waals surface area contributed by atoms with E-state index in [-0.39, 0.29) is 18.3 Å². The van der Waals surface area contributed by atoms with Crippen molar-refractivity contribution in [3.8, 4) is 0 Å². The summed E-state index contributed by atoms with van der Waals surface area (Å²) in [5, 5.41) is 17.6. The smallest absolute Gasteiger partial charge is 0.332 e. The van der Waals surface area contributed by atoms with Gasteiger partial charge in [-0.15, -0.1) is 0 Å². The summed E-state index contributed by atoms with van der Waals surface area (Å²) in [6.45, 7) is 3.81. The van der Waals surface area contributed by atoms with E-state index in [1.165, 1.54) is 12.1 Å². The van der Waals surface area contributed by atoms with Crippen molar-refractivity contribution in [2.45, 2.75) is 26.3 Å². The normalized spacial score (nSPS) is 16.6. The highest BCUT2D eigenvalue weighted by molar-refractivity contribution is 6.02. The van der Waals surface area contributed by atoms with Crippen LogP contribution in [0, 0.1) is 10.1 Å². The fourth-order valence-corrected chi connectivity index (χ4v) is 3.17. The summed E-state index contributed by atoms with van der Waals surface area (Å²) in [5.41, 5.74) is 3.23. The first-order valence-electron chi connectivity index (χ1n) is 9.01. The molecular formula is C21H21N3O4. The molecule has 0 saturated carbocycles. The Morgan fingerprint density at radius 1 is 1.29 bits per heavy atom. The lowest BCUT2D eigenvalue weighted by Gasteiger charge is -2.24. The Labute approximate surface area is 163 Å². The number of esters is 1. The third-order valence-electron chi connectivity index (χ3n) is 4.46. The van der Waals surface area contributed by atoms with Crippen molar-refractivity contribution in [3.05, 3.63) is 87.6 Å². The maximum atomic E-state index is 11.9. The molecule has 0 unspecified atom stereocenters. The zero-order valence-corrected chi connectivity index (χ0v) is 15.7. The Morgan fingerprint density at radius 2 is 2.04 bits per heavy atom. The standard InChI is InChI=1S/C21H21N3O4/c1-3-28-21(25)12-15(2)23-20(17-10-7-11-18(13-17)24(26)27)14-19(22-23)16-8-5-4-6-9-16/h4-13,20H,3,14H2,1-2H3/t20-/m0/s1. The first-order chi connectivity index (χ1) is 13.5. The molecule has 1 heterocycles. The van der Waals surface area contributed by atoms with E-state index in [9.17, 15) is 14.9 Å². The molecule has 0 fully saturated rings. The molecule has 1 aliphatic heterocycles. The van der Waals surface area contributed by atoms with Gasteiger partial charge in [0.25, 0.3) is 5.69 Å². The molecule has 1 atom stereocenters. The Kier molecular flexibility index (Phi) is 5.84. The third-order valence-corrected chi connectivity index (χ3v) is 4.46. The quantitative estimate of drug-likeness (QED) is 0.325. The van der Waals surface area contributed by atoms with Crippen LogP contribution in [0.2, 0.25) is 0 Å². The molecule has 0 amide bonds. The number of non-ortho nitro benzene ring substituents is 1. The van der Waals surface area contributed by atoms with E-state index in [2.05, 4.69) is 0 Å². The summed E-state index contributed by atoms with van der Waals surface area (Å²) in [6, 6.07) is 16.0. The van der Waals surface area contributed by atoms with Crippen molar-refractivity contribution >= 4 is 17.4 Å². The number of hydrazone groups is 1. The molecule has 1 aliphatic rings. The lowest BCUT2D eigenvalue weighted by Crippen LogP contribution is -2.19. The van der Waals surface area contributed by atoms with Crippen LogP contribution >= 0.6 is 0 Å². The molecule has 0 saturated heterocycles. The van der Waals surface area contributed by atoms with Crippen molar-refractivity contribution in [1.29, 1.82) is 0 Å². The fourth-order valence-electron chi connectivity index (χ4n) is 3.17.